The van der Waals surface area contributed by atoms with Crippen molar-refractivity contribution in [3.8, 4) is 17.9 Å². The Balaban J connectivity index is 0.00000102. The van der Waals surface area contributed by atoms with E-state index in [4.69, 9.17) is 5.73 Å². The second-order valence-corrected chi connectivity index (χ2v) is 9.28. The Hall–Kier alpha value is -2.81. The first-order valence-electron chi connectivity index (χ1n) is 10.6. The summed E-state index contributed by atoms with van der Waals surface area (Å²) in [6.07, 6.45) is 0.840. The lowest BCUT2D eigenvalue weighted by Crippen LogP contribution is -2.55. The summed E-state index contributed by atoms with van der Waals surface area (Å²) in [4.78, 5) is 20.7. The summed E-state index contributed by atoms with van der Waals surface area (Å²) in [6.45, 7) is 26.2. The molecule has 0 bridgehead atoms. The minimum atomic E-state index is -0.725. The number of amides is 1. The number of rotatable bonds is 6. The quantitative estimate of drug-likeness (QED) is 0.292. The Bertz CT molecular complexity index is 754. The number of piperazine rings is 1. The zero-order valence-electron chi connectivity index (χ0n) is 20.9. The van der Waals surface area contributed by atoms with E-state index in [-0.39, 0.29) is 5.54 Å². The summed E-state index contributed by atoms with van der Waals surface area (Å²) >= 11 is 0. The molecule has 1 amide bonds. The maximum Gasteiger partial charge on any atom is 0.405 e. The van der Waals surface area contributed by atoms with Crippen LogP contribution in [0.5, 0.6) is 0 Å². The fraction of sp³-hybridized carbons (Fsp3) is 0.625. The van der Waals surface area contributed by atoms with Gasteiger partial charge in [0.15, 0.2) is 0 Å². The summed E-state index contributed by atoms with van der Waals surface area (Å²) in [6, 6.07) is 2.23. The lowest BCUT2D eigenvalue weighted by molar-refractivity contribution is 0.0431. The van der Waals surface area contributed by atoms with E-state index in [0.717, 1.165) is 26.2 Å². The van der Waals surface area contributed by atoms with Crippen molar-refractivity contribution in [3.63, 3.8) is 0 Å². The van der Waals surface area contributed by atoms with Gasteiger partial charge in [-0.1, -0.05) is 12.5 Å². The third-order valence-electron chi connectivity index (χ3n) is 4.57. The molecule has 1 aliphatic heterocycles. The van der Waals surface area contributed by atoms with Gasteiger partial charge < -0.3 is 15.4 Å². The number of hydrogen-bond donors (Lipinski definition) is 1. The van der Waals surface area contributed by atoms with Crippen molar-refractivity contribution in [1.82, 2.24) is 14.7 Å². The van der Waals surface area contributed by atoms with Crippen molar-refractivity contribution in [3.05, 3.63) is 24.0 Å². The first-order chi connectivity index (χ1) is 14.8. The van der Waals surface area contributed by atoms with Gasteiger partial charge in [-0.2, -0.15) is 5.26 Å². The van der Waals surface area contributed by atoms with E-state index in [1.165, 1.54) is 0 Å². The van der Waals surface area contributed by atoms with Gasteiger partial charge in [-0.3, -0.25) is 14.8 Å². The SMILES string of the molecule is C=C/C(N=C)=C(\C#N)N(CC#CC)CN1CCN(C(C)(C)C)CC1.CC(C)(C)OC(N)=O. The third-order valence-corrected chi connectivity index (χ3v) is 4.57. The molecular formula is C24H40N6O2. The molecule has 0 aliphatic carbocycles. The van der Waals surface area contributed by atoms with Crippen molar-refractivity contribution in [2.45, 2.75) is 59.6 Å². The van der Waals surface area contributed by atoms with Crippen LogP contribution in [0.3, 0.4) is 0 Å². The van der Waals surface area contributed by atoms with Crippen LogP contribution in [-0.2, 0) is 4.74 Å². The molecule has 0 unspecified atom stereocenters. The van der Waals surface area contributed by atoms with Gasteiger partial charge in [0.05, 0.1) is 18.9 Å². The highest BCUT2D eigenvalue weighted by atomic mass is 16.6. The van der Waals surface area contributed by atoms with E-state index in [1.807, 2.05) is 4.90 Å². The largest absolute Gasteiger partial charge is 0.444 e. The van der Waals surface area contributed by atoms with E-state index in [9.17, 15) is 10.1 Å². The lowest BCUT2D eigenvalue weighted by Gasteiger charge is -2.43. The number of allylic oxidation sites excluding steroid dienone is 2. The predicted octanol–water partition coefficient (Wildman–Crippen LogP) is 3.19. The number of aliphatic imine (C=N–C) groups is 1. The van der Waals surface area contributed by atoms with Crippen LogP contribution in [0.1, 0.15) is 48.5 Å². The molecule has 8 nitrogen and oxygen atoms in total. The summed E-state index contributed by atoms with van der Waals surface area (Å²) in [5, 5.41) is 9.55. The van der Waals surface area contributed by atoms with E-state index in [0.29, 0.717) is 24.6 Å². The molecule has 0 atom stereocenters. The van der Waals surface area contributed by atoms with Gasteiger partial charge in [0.1, 0.15) is 17.4 Å². The number of hydrogen-bond acceptors (Lipinski definition) is 7. The Kier molecular flexibility index (Phi) is 12.4. The van der Waals surface area contributed by atoms with Crippen molar-refractivity contribution >= 4 is 12.8 Å². The number of nitriles is 1. The van der Waals surface area contributed by atoms with E-state index < -0.39 is 11.7 Å². The van der Waals surface area contributed by atoms with E-state index >= 15 is 0 Å². The topological polar surface area (TPSA) is 98.2 Å². The standard InChI is InChI=1S/C19H29N5.C5H11NO2/c1-7-9-10-23(18(15-20)17(8-2)21-6)16-22-11-13-24(14-12-22)19(3,4)5;1-5(2,3)8-4(6)7/h8H,2,6,10-14,16H2,1,3-5H3;1-3H3,(H2,6,7)/b18-17-;. The lowest BCUT2D eigenvalue weighted by atomic mass is 10.1. The molecule has 178 valence electrons. The number of primary amides is 1. The summed E-state index contributed by atoms with van der Waals surface area (Å²) in [7, 11) is 0. The van der Waals surface area contributed by atoms with Crippen LogP contribution in [0.15, 0.2) is 29.0 Å². The molecule has 8 heteroatoms. The number of nitrogens with zero attached hydrogens (tertiary/aromatic N) is 5. The minimum Gasteiger partial charge on any atom is -0.444 e. The van der Waals surface area contributed by atoms with E-state index in [2.05, 4.69) is 71.5 Å². The van der Waals surface area contributed by atoms with Gasteiger partial charge >= 0.3 is 6.09 Å². The minimum absolute atomic E-state index is 0.194. The average molecular weight is 445 g/mol. The molecule has 0 radical (unpaired) electrons. The molecule has 2 N–H and O–H groups in total. The van der Waals surface area contributed by atoms with Gasteiger partial charge in [-0.05, 0) is 61.3 Å². The molecule has 1 aliphatic rings. The second-order valence-electron chi connectivity index (χ2n) is 9.28. The van der Waals surface area contributed by atoms with Crippen molar-refractivity contribution in [2.24, 2.45) is 10.7 Å². The normalized spacial score (nSPS) is 15.6. The van der Waals surface area contributed by atoms with Crippen LogP contribution in [0, 0.1) is 23.2 Å². The number of nitrogens with two attached hydrogens (primary N) is 1. The number of ether oxygens (including phenoxy) is 1. The van der Waals surface area contributed by atoms with Crippen molar-refractivity contribution < 1.29 is 9.53 Å². The Morgan fingerprint density at radius 1 is 1.22 bits per heavy atom. The molecule has 0 aromatic rings. The van der Waals surface area contributed by atoms with Gasteiger partial charge in [-0.15, -0.1) is 5.92 Å². The molecule has 1 heterocycles. The predicted molar refractivity (Wildman–Crippen MR) is 131 cm³/mol. The zero-order chi connectivity index (χ0) is 24.9. The molecule has 0 aromatic carbocycles. The highest BCUT2D eigenvalue weighted by molar-refractivity contribution is 5.65. The highest BCUT2D eigenvalue weighted by Gasteiger charge is 2.27. The van der Waals surface area contributed by atoms with Gasteiger partial charge in [-0.25, -0.2) is 4.79 Å². The smallest absolute Gasteiger partial charge is 0.405 e. The summed E-state index contributed by atoms with van der Waals surface area (Å²) in [5.74, 6) is 5.94. The fourth-order valence-electron chi connectivity index (χ4n) is 3.00. The van der Waals surface area contributed by atoms with Crippen molar-refractivity contribution in [1.29, 1.82) is 5.26 Å². The maximum absolute atomic E-state index is 10.0. The number of carbonyl (C=O) groups is 1. The molecule has 0 spiro atoms. The summed E-state index contributed by atoms with van der Waals surface area (Å²) in [5.41, 5.74) is 5.44. The molecule has 32 heavy (non-hydrogen) atoms. The Labute approximate surface area is 194 Å². The average Bonchev–Trinajstić information content (AvgIpc) is 2.67. The molecule has 1 fully saturated rings. The number of carbonyl (C=O) groups excluding carboxylic acids is 1. The first-order valence-corrected chi connectivity index (χ1v) is 10.6. The van der Waals surface area contributed by atoms with Crippen LogP contribution in [-0.4, -0.2) is 78.0 Å². The van der Waals surface area contributed by atoms with Crippen LogP contribution < -0.4 is 5.73 Å². The highest BCUT2D eigenvalue weighted by Crippen LogP contribution is 2.18. The third kappa shape index (κ3) is 11.5. The van der Waals surface area contributed by atoms with Gasteiger partial charge in [0.2, 0.25) is 0 Å². The van der Waals surface area contributed by atoms with E-state index in [1.54, 1.807) is 33.8 Å². The van der Waals surface area contributed by atoms with Crippen LogP contribution in [0.25, 0.3) is 0 Å². The molecule has 0 saturated carbocycles. The zero-order valence-corrected chi connectivity index (χ0v) is 20.9. The second kappa shape index (κ2) is 13.6. The summed E-state index contributed by atoms with van der Waals surface area (Å²) < 4.78 is 4.58. The van der Waals surface area contributed by atoms with Gasteiger partial charge in [0, 0.05) is 31.7 Å². The van der Waals surface area contributed by atoms with Crippen LogP contribution >= 0.6 is 0 Å². The molecule has 1 rings (SSSR count). The first kappa shape index (κ1) is 29.2. The van der Waals surface area contributed by atoms with Crippen molar-refractivity contribution in [2.75, 3.05) is 39.4 Å². The fourth-order valence-corrected chi connectivity index (χ4v) is 3.00. The Morgan fingerprint density at radius 2 is 1.78 bits per heavy atom. The Morgan fingerprint density at radius 3 is 2.09 bits per heavy atom. The van der Waals surface area contributed by atoms with Gasteiger partial charge in [0.25, 0.3) is 0 Å². The maximum atomic E-state index is 10.0. The van der Waals surface area contributed by atoms with Crippen LogP contribution in [0.2, 0.25) is 0 Å². The molecule has 0 aromatic heterocycles. The molecular weight excluding hydrogens is 404 g/mol. The molecule has 1 saturated heterocycles. The monoisotopic (exact) mass is 444 g/mol. The van der Waals surface area contributed by atoms with Crippen LogP contribution in [0.4, 0.5) is 4.79 Å².